The van der Waals surface area contributed by atoms with Crippen molar-refractivity contribution in [3.63, 3.8) is 0 Å². The van der Waals surface area contributed by atoms with Gasteiger partial charge in [-0.2, -0.15) is 10.2 Å². The zero-order valence-electron chi connectivity index (χ0n) is 16.7. The highest BCUT2D eigenvalue weighted by Gasteiger charge is 2.21. The molecule has 0 aliphatic carbocycles. The molecule has 29 heavy (non-hydrogen) atoms. The van der Waals surface area contributed by atoms with Gasteiger partial charge in [-0.15, -0.1) is 0 Å². The Balaban J connectivity index is 1.91. The SMILES string of the molecule is CCOC(=O)c1cc(C)n2nc(C)c(-c3ccc(-n4cccn4)cc3OC)c2n1. The summed E-state index contributed by atoms with van der Waals surface area (Å²) in [5.41, 5.74) is 4.93. The monoisotopic (exact) mass is 391 g/mol. The predicted molar refractivity (Wildman–Crippen MR) is 108 cm³/mol. The van der Waals surface area contributed by atoms with Crippen LogP contribution < -0.4 is 4.74 Å². The van der Waals surface area contributed by atoms with E-state index in [4.69, 9.17) is 9.47 Å². The topological polar surface area (TPSA) is 83.5 Å². The fraction of sp³-hybridized carbons (Fsp3) is 0.238. The van der Waals surface area contributed by atoms with Crippen LogP contribution in [0.4, 0.5) is 0 Å². The van der Waals surface area contributed by atoms with Gasteiger partial charge in [-0.05, 0) is 45.0 Å². The number of aryl methyl sites for hydroxylation is 2. The zero-order valence-corrected chi connectivity index (χ0v) is 16.7. The number of aromatic nitrogens is 5. The summed E-state index contributed by atoms with van der Waals surface area (Å²) in [7, 11) is 1.62. The summed E-state index contributed by atoms with van der Waals surface area (Å²) in [5, 5.41) is 8.87. The highest BCUT2D eigenvalue weighted by molar-refractivity contribution is 5.90. The largest absolute Gasteiger partial charge is 0.496 e. The first kappa shape index (κ1) is 18.7. The Morgan fingerprint density at radius 3 is 2.72 bits per heavy atom. The van der Waals surface area contributed by atoms with Crippen LogP contribution in [0.15, 0.2) is 42.7 Å². The van der Waals surface area contributed by atoms with Gasteiger partial charge in [0.1, 0.15) is 5.75 Å². The summed E-state index contributed by atoms with van der Waals surface area (Å²) >= 11 is 0. The van der Waals surface area contributed by atoms with Crippen molar-refractivity contribution in [3.8, 4) is 22.6 Å². The lowest BCUT2D eigenvalue weighted by Crippen LogP contribution is -2.10. The second-order valence-electron chi connectivity index (χ2n) is 6.53. The van der Waals surface area contributed by atoms with Crippen molar-refractivity contribution in [3.05, 3.63) is 59.8 Å². The second kappa shape index (κ2) is 7.38. The molecule has 0 unspecified atom stereocenters. The van der Waals surface area contributed by atoms with Crippen LogP contribution in [0.25, 0.3) is 22.5 Å². The number of hydrogen-bond acceptors (Lipinski definition) is 6. The predicted octanol–water partition coefficient (Wildman–Crippen LogP) is 3.38. The molecule has 3 aromatic heterocycles. The molecule has 0 aliphatic rings. The number of methoxy groups -OCH3 is 1. The Morgan fingerprint density at radius 2 is 2.03 bits per heavy atom. The number of fused-ring (bicyclic) bond motifs is 1. The van der Waals surface area contributed by atoms with Crippen LogP contribution in [-0.2, 0) is 4.74 Å². The van der Waals surface area contributed by atoms with Gasteiger partial charge in [0.15, 0.2) is 11.3 Å². The number of nitrogens with zero attached hydrogens (tertiary/aromatic N) is 5. The van der Waals surface area contributed by atoms with Crippen LogP contribution in [0.1, 0.15) is 28.8 Å². The lowest BCUT2D eigenvalue weighted by molar-refractivity contribution is 0.0519. The minimum absolute atomic E-state index is 0.255. The molecule has 4 rings (SSSR count). The van der Waals surface area contributed by atoms with Crippen molar-refractivity contribution in [2.24, 2.45) is 0 Å². The number of benzene rings is 1. The lowest BCUT2D eigenvalue weighted by atomic mass is 10.0. The van der Waals surface area contributed by atoms with Crippen molar-refractivity contribution in [1.82, 2.24) is 24.4 Å². The average molecular weight is 391 g/mol. The maximum atomic E-state index is 12.2. The molecule has 0 N–H and O–H groups in total. The first-order chi connectivity index (χ1) is 14.0. The van der Waals surface area contributed by atoms with E-state index in [1.165, 1.54) is 0 Å². The molecule has 0 saturated heterocycles. The van der Waals surface area contributed by atoms with E-state index in [-0.39, 0.29) is 5.69 Å². The summed E-state index contributed by atoms with van der Waals surface area (Å²) in [4.78, 5) is 16.8. The van der Waals surface area contributed by atoms with Crippen LogP contribution >= 0.6 is 0 Å². The van der Waals surface area contributed by atoms with Crippen LogP contribution in [-0.4, -0.2) is 44.1 Å². The molecule has 3 heterocycles. The lowest BCUT2D eigenvalue weighted by Gasteiger charge is -2.11. The van der Waals surface area contributed by atoms with E-state index in [0.29, 0.717) is 18.0 Å². The summed E-state index contributed by atoms with van der Waals surface area (Å²) in [5.74, 6) is 0.209. The van der Waals surface area contributed by atoms with E-state index >= 15 is 0 Å². The highest BCUT2D eigenvalue weighted by Crippen LogP contribution is 2.36. The Kier molecular flexibility index (Phi) is 4.75. The summed E-state index contributed by atoms with van der Waals surface area (Å²) in [6.45, 7) is 5.85. The van der Waals surface area contributed by atoms with E-state index < -0.39 is 5.97 Å². The Labute approximate surface area is 167 Å². The molecule has 0 amide bonds. The van der Waals surface area contributed by atoms with Crippen molar-refractivity contribution >= 4 is 11.6 Å². The van der Waals surface area contributed by atoms with Gasteiger partial charge < -0.3 is 9.47 Å². The van der Waals surface area contributed by atoms with Gasteiger partial charge in [0.25, 0.3) is 0 Å². The standard InChI is InChI=1S/C21H21N5O3/c1-5-29-21(27)17-11-13(2)26-20(23-17)19(14(3)24-26)16-8-7-15(12-18(16)28-4)25-10-6-9-22-25/h6-12H,5H2,1-4H3. The maximum Gasteiger partial charge on any atom is 0.357 e. The summed E-state index contributed by atoms with van der Waals surface area (Å²) < 4.78 is 14.3. The fourth-order valence-electron chi connectivity index (χ4n) is 3.35. The minimum atomic E-state index is -0.455. The number of ether oxygens (including phenoxy) is 2. The van der Waals surface area contributed by atoms with Gasteiger partial charge in [-0.25, -0.2) is 19.0 Å². The Hall–Kier alpha value is -3.68. The molecule has 0 atom stereocenters. The van der Waals surface area contributed by atoms with Gasteiger partial charge in [0.2, 0.25) is 0 Å². The van der Waals surface area contributed by atoms with E-state index in [1.807, 2.05) is 44.3 Å². The minimum Gasteiger partial charge on any atom is -0.496 e. The molecule has 8 heteroatoms. The molecule has 148 valence electrons. The number of carbonyl (C=O) groups is 1. The maximum absolute atomic E-state index is 12.2. The van der Waals surface area contributed by atoms with Gasteiger partial charge in [-0.3, -0.25) is 0 Å². The molecule has 0 aliphatic heterocycles. The fourth-order valence-corrected chi connectivity index (χ4v) is 3.35. The quantitative estimate of drug-likeness (QED) is 0.485. The molecule has 0 saturated carbocycles. The number of rotatable bonds is 5. The van der Waals surface area contributed by atoms with Crippen molar-refractivity contribution in [1.29, 1.82) is 0 Å². The van der Waals surface area contributed by atoms with Crippen molar-refractivity contribution in [2.75, 3.05) is 13.7 Å². The Bertz CT molecular complexity index is 1190. The third-order valence-corrected chi connectivity index (χ3v) is 4.65. The van der Waals surface area contributed by atoms with Crippen LogP contribution in [0.5, 0.6) is 5.75 Å². The molecule has 8 nitrogen and oxygen atoms in total. The van der Waals surface area contributed by atoms with Crippen molar-refractivity contribution in [2.45, 2.75) is 20.8 Å². The average Bonchev–Trinajstić information content (AvgIpc) is 3.36. The summed E-state index contributed by atoms with van der Waals surface area (Å²) in [6, 6.07) is 9.36. The first-order valence-electron chi connectivity index (χ1n) is 9.26. The normalized spacial score (nSPS) is 11.0. The molecule has 1 aromatic carbocycles. The molecular weight excluding hydrogens is 370 g/mol. The molecule has 0 fully saturated rings. The number of carbonyl (C=O) groups excluding carboxylic acids is 1. The highest BCUT2D eigenvalue weighted by atomic mass is 16.5. The second-order valence-corrected chi connectivity index (χ2v) is 6.53. The first-order valence-corrected chi connectivity index (χ1v) is 9.26. The smallest absolute Gasteiger partial charge is 0.357 e. The Morgan fingerprint density at radius 1 is 1.21 bits per heavy atom. The molecule has 0 spiro atoms. The van der Waals surface area contributed by atoms with Gasteiger partial charge >= 0.3 is 5.97 Å². The molecule has 0 bridgehead atoms. The van der Waals surface area contributed by atoms with E-state index in [0.717, 1.165) is 28.2 Å². The summed E-state index contributed by atoms with van der Waals surface area (Å²) in [6.07, 6.45) is 3.59. The van der Waals surface area contributed by atoms with Crippen LogP contribution in [0, 0.1) is 13.8 Å². The third kappa shape index (κ3) is 3.22. The van der Waals surface area contributed by atoms with E-state index in [9.17, 15) is 4.79 Å². The van der Waals surface area contributed by atoms with Gasteiger partial charge in [-0.1, -0.05) is 0 Å². The van der Waals surface area contributed by atoms with Gasteiger partial charge in [0.05, 0.1) is 30.7 Å². The number of esters is 1. The molecular formula is C21H21N5O3. The van der Waals surface area contributed by atoms with Crippen LogP contribution in [0.2, 0.25) is 0 Å². The number of hydrogen-bond donors (Lipinski definition) is 0. The van der Waals surface area contributed by atoms with E-state index in [1.54, 1.807) is 35.5 Å². The third-order valence-electron chi connectivity index (χ3n) is 4.65. The zero-order chi connectivity index (χ0) is 20.5. The molecule has 4 aromatic rings. The van der Waals surface area contributed by atoms with Gasteiger partial charge in [0, 0.05) is 29.7 Å². The van der Waals surface area contributed by atoms with Crippen molar-refractivity contribution < 1.29 is 14.3 Å². The molecule has 0 radical (unpaired) electrons. The van der Waals surface area contributed by atoms with Crippen LogP contribution in [0.3, 0.4) is 0 Å². The van der Waals surface area contributed by atoms with E-state index in [2.05, 4.69) is 15.2 Å².